The number of carbonyl (C=O) groups excluding carboxylic acids is 1. The van der Waals surface area contributed by atoms with E-state index in [0.717, 1.165) is 22.2 Å². The molecule has 0 aliphatic heterocycles. The number of fused-ring (bicyclic) bond motifs is 3. The molecular formula is C39H36IrN2O2S-2. The summed E-state index contributed by atoms with van der Waals surface area (Å²) < 4.78 is 2.66. The second kappa shape index (κ2) is 14.0. The van der Waals surface area contributed by atoms with Gasteiger partial charge in [0, 0.05) is 58.8 Å². The number of aliphatic hydroxyl groups is 1. The van der Waals surface area contributed by atoms with E-state index in [9.17, 15) is 9.90 Å². The van der Waals surface area contributed by atoms with Crippen molar-refractivity contribution < 1.29 is 30.0 Å². The van der Waals surface area contributed by atoms with Crippen LogP contribution in [0.25, 0.3) is 53.1 Å². The quantitative estimate of drug-likeness (QED) is 0.0820. The van der Waals surface area contributed by atoms with Crippen LogP contribution in [0, 0.1) is 23.0 Å². The van der Waals surface area contributed by atoms with Crippen LogP contribution in [0.1, 0.15) is 41.5 Å². The number of allylic oxidation sites excluding steroid dienone is 2. The fourth-order valence-electron chi connectivity index (χ4n) is 4.67. The Morgan fingerprint density at radius 2 is 1.44 bits per heavy atom. The summed E-state index contributed by atoms with van der Waals surface area (Å²) >= 11 is 1.85. The van der Waals surface area contributed by atoms with Gasteiger partial charge in [-0.2, -0.15) is 0 Å². The van der Waals surface area contributed by atoms with Crippen molar-refractivity contribution in [2.45, 2.75) is 41.5 Å². The Hall–Kier alpha value is -3.96. The minimum Gasteiger partial charge on any atom is -0.512 e. The van der Waals surface area contributed by atoms with Gasteiger partial charge in [-0.05, 0) is 40.2 Å². The molecule has 1 N–H and O–H groups in total. The van der Waals surface area contributed by atoms with Crippen molar-refractivity contribution in [3.05, 3.63) is 121 Å². The zero-order valence-electron chi connectivity index (χ0n) is 26.3. The van der Waals surface area contributed by atoms with Crippen molar-refractivity contribution in [1.29, 1.82) is 0 Å². The van der Waals surface area contributed by atoms with Gasteiger partial charge in [0.25, 0.3) is 0 Å². The van der Waals surface area contributed by atoms with Crippen molar-refractivity contribution in [2.75, 3.05) is 0 Å². The third-order valence-electron chi connectivity index (χ3n) is 7.22. The molecule has 0 saturated heterocycles. The first-order valence-corrected chi connectivity index (χ1v) is 15.4. The molecule has 0 fully saturated rings. The number of rotatable bonds is 2. The van der Waals surface area contributed by atoms with Crippen molar-refractivity contribution in [2.24, 2.45) is 10.8 Å². The summed E-state index contributed by atoms with van der Waals surface area (Å²) in [6.07, 6.45) is 5.03. The summed E-state index contributed by atoms with van der Waals surface area (Å²) in [7, 11) is 0. The van der Waals surface area contributed by atoms with E-state index in [1.807, 2.05) is 108 Å². The number of hydrogen-bond donors (Lipinski definition) is 1. The zero-order chi connectivity index (χ0) is 31.5. The maximum Gasteiger partial charge on any atom is 0.164 e. The maximum absolute atomic E-state index is 11.5. The van der Waals surface area contributed by atoms with Crippen LogP contribution >= 0.6 is 11.3 Å². The summed E-state index contributed by atoms with van der Waals surface area (Å²) in [6.45, 7) is 11.1. The van der Waals surface area contributed by atoms with Gasteiger partial charge in [-0.3, -0.25) is 4.79 Å². The average Bonchev–Trinajstić information content (AvgIpc) is 3.41. The van der Waals surface area contributed by atoms with Crippen LogP contribution in [0.4, 0.5) is 0 Å². The summed E-state index contributed by atoms with van der Waals surface area (Å²) in [6, 6.07) is 35.0. The molecule has 4 aromatic carbocycles. The number of benzene rings is 4. The Morgan fingerprint density at radius 3 is 2.11 bits per heavy atom. The number of aliphatic hydroxyl groups excluding tert-OH is 1. The summed E-state index contributed by atoms with van der Waals surface area (Å²) in [5, 5.41) is 15.9. The Balaban J connectivity index is 0.000000159. The maximum atomic E-state index is 11.5. The van der Waals surface area contributed by atoms with Crippen LogP contribution in [-0.2, 0) is 24.9 Å². The Kier molecular flexibility index (Phi) is 10.5. The van der Waals surface area contributed by atoms with Crippen LogP contribution < -0.4 is 0 Å². The van der Waals surface area contributed by atoms with Gasteiger partial charge in [-0.1, -0.05) is 76.6 Å². The number of thiophene rings is 1. The molecule has 45 heavy (non-hydrogen) atoms. The number of aromatic nitrogens is 2. The van der Waals surface area contributed by atoms with E-state index < -0.39 is 5.41 Å². The molecule has 0 spiro atoms. The number of carbonyl (C=O) groups is 1. The SMILES string of the molecule is CC(C)(C)C(=O)/C=C(\O)C(C)(C)C.[Ir].[c-]1cccc2c1c1nccc3sc4cccc2c4c31.[c-]1ccccc1-c1ccccn1. The molecule has 0 saturated carbocycles. The third-order valence-corrected chi connectivity index (χ3v) is 8.34. The van der Waals surface area contributed by atoms with Gasteiger partial charge in [0.1, 0.15) is 5.76 Å². The van der Waals surface area contributed by atoms with E-state index in [0.29, 0.717) is 0 Å². The number of nitrogens with zero attached hydrogens (tertiary/aromatic N) is 2. The molecule has 4 nitrogen and oxygen atoms in total. The molecule has 6 heteroatoms. The predicted octanol–water partition coefficient (Wildman–Crippen LogP) is 10.6. The molecule has 0 atom stereocenters. The van der Waals surface area contributed by atoms with E-state index in [1.165, 1.54) is 37.0 Å². The standard InChI is InChI=1S/C17H8NS.C11H8N.C11H20O2.Ir/c1-2-5-12-10(4-1)11-6-3-7-13-15(11)16-14(19-13)8-9-18-17(12)16;1-2-6-10(7-3-1)11-8-4-5-9-12-11;1-10(2,3)8(12)7-9(13)11(4,5)6;/h1-4,6-9H;1-6,8-9H;7,12H,1-6H3;/q2*-1;;/b;;8-7-;. The zero-order valence-corrected chi connectivity index (χ0v) is 29.5. The predicted molar refractivity (Wildman–Crippen MR) is 185 cm³/mol. The Labute approximate surface area is 282 Å². The van der Waals surface area contributed by atoms with E-state index in [4.69, 9.17) is 0 Å². The monoisotopic (exact) mass is 789 g/mol. The van der Waals surface area contributed by atoms with Crippen molar-refractivity contribution in [3.8, 4) is 11.3 Å². The molecule has 0 amide bonds. The molecule has 7 rings (SSSR count). The Morgan fingerprint density at radius 1 is 0.733 bits per heavy atom. The van der Waals surface area contributed by atoms with E-state index in [1.54, 1.807) is 6.20 Å². The summed E-state index contributed by atoms with van der Waals surface area (Å²) in [5.74, 6) is 0.104. The fraction of sp³-hybridized carbons (Fsp3) is 0.205. The molecule has 3 heterocycles. The number of pyridine rings is 2. The van der Waals surface area contributed by atoms with Crippen molar-refractivity contribution in [3.63, 3.8) is 0 Å². The molecule has 3 aromatic heterocycles. The average molecular weight is 789 g/mol. The van der Waals surface area contributed by atoms with Crippen LogP contribution in [0.2, 0.25) is 0 Å². The van der Waals surface area contributed by atoms with Gasteiger partial charge >= 0.3 is 0 Å². The number of hydrogen-bond acceptors (Lipinski definition) is 5. The van der Waals surface area contributed by atoms with Crippen LogP contribution in [-0.4, -0.2) is 20.9 Å². The van der Waals surface area contributed by atoms with Crippen LogP contribution in [0.15, 0.2) is 109 Å². The molecule has 0 unspecified atom stereocenters. The van der Waals surface area contributed by atoms with Gasteiger partial charge in [0.15, 0.2) is 5.78 Å². The van der Waals surface area contributed by atoms with Crippen molar-refractivity contribution in [1.82, 2.24) is 9.97 Å². The molecular weight excluding hydrogens is 753 g/mol. The first kappa shape index (κ1) is 33.9. The molecule has 1 radical (unpaired) electrons. The first-order valence-electron chi connectivity index (χ1n) is 14.6. The van der Waals surface area contributed by atoms with E-state index >= 15 is 0 Å². The fourth-order valence-corrected chi connectivity index (χ4v) is 5.79. The van der Waals surface area contributed by atoms with Crippen molar-refractivity contribution >= 4 is 59.0 Å². The molecule has 7 aromatic rings. The summed E-state index contributed by atoms with van der Waals surface area (Å²) in [5.41, 5.74) is 2.33. The minimum absolute atomic E-state index is 0. The second-order valence-electron chi connectivity index (χ2n) is 12.7. The van der Waals surface area contributed by atoms with Crippen LogP contribution in [0.3, 0.4) is 0 Å². The Bertz CT molecular complexity index is 1930. The largest absolute Gasteiger partial charge is 0.512 e. The van der Waals surface area contributed by atoms with E-state index in [-0.39, 0.29) is 37.1 Å². The smallest absolute Gasteiger partial charge is 0.164 e. The summed E-state index contributed by atoms with van der Waals surface area (Å²) in [4.78, 5) is 20.3. The molecule has 0 bridgehead atoms. The topological polar surface area (TPSA) is 63.1 Å². The van der Waals surface area contributed by atoms with Gasteiger partial charge in [-0.15, -0.1) is 76.9 Å². The minimum atomic E-state index is -0.417. The normalized spacial score (nSPS) is 11.9. The second-order valence-corrected chi connectivity index (χ2v) is 13.7. The van der Waals surface area contributed by atoms with E-state index in [2.05, 4.69) is 58.5 Å². The molecule has 0 aliphatic rings. The third kappa shape index (κ3) is 7.65. The molecule has 231 valence electrons. The number of ketones is 1. The van der Waals surface area contributed by atoms with Gasteiger partial charge in [-0.25, -0.2) is 0 Å². The van der Waals surface area contributed by atoms with Gasteiger partial charge in [0.2, 0.25) is 0 Å². The van der Waals surface area contributed by atoms with Gasteiger partial charge < -0.3 is 15.1 Å². The van der Waals surface area contributed by atoms with Crippen LogP contribution in [0.5, 0.6) is 0 Å². The molecule has 0 aliphatic carbocycles. The van der Waals surface area contributed by atoms with Gasteiger partial charge in [0.05, 0.1) is 0 Å². The first-order chi connectivity index (χ1) is 20.9.